The van der Waals surface area contributed by atoms with Gasteiger partial charge in [0.25, 0.3) is 0 Å². The molecule has 0 radical (unpaired) electrons. The van der Waals surface area contributed by atoms with E-state index in [9.17, 15) is 21.0 Å². The second-order valence-electron chi connectivity index (χ2n) is 17.0. The third kappa shape index (κ3) is 7.91. The number of para-hydroxylation sites is 1. The van der Waals surface area contributed by atoms with Crippen LogP contribution in [0.15, 0.2) is 194 Å². The van der Waals surface area contributed by atoms with Crippen molar-refractivity contribution >= 4 is 33.2 Å². The summed E-state index contributed by atoms with van der Waals surface area (Å²) < 4.78 is 2.12. The first kappa shape index (κ1) is 44.2. The van der Waals surface area contributed by atoms with Gasteiger partial charge in [-0.1, -0.05) is 133 Å². The Labute approximate surface area is 419 Å². The first-order valence-corrected chi connectivity index (χ1v) is 22.9. The lowest BCUT2D eigenvalue weighted by Crippen LogP contribution is -2.05. The average molecular weight is 929 g/mol. The quantitative estimate of drug-likeness (QED) is 0.138. The highest BCUT2D eigenvalue weighted by Gasteiger charge is 2.26. The van der Waals surface area contributed by atoms with E-state index < -0.39 is 0 Å². The molecule has 0 aliphatic heterocycles. The van der Waals surface area contributed by atoms with E-state index in [0.717, 1.165) is 55.2 Å². The molecule has 10 heteroatoms. The fourth-order valence-corrected chi connectivity index (χ4v) is 9.47. The van der Waals surface area contributed by atoms with Gasteiger partial charge in [0.2, 0.25) is 0 Å². The molecule has 0 amide bonds. The summed E-state index contributed by atoms with van der Waals surface area (Å²) in [7, 11) is 0. The Bertz CT molecular complexity index is 4070. The van der Waals surface area contributed by atoms with Gasteiger partial charge < -0.3 is 4.57 Å². The molecule has 0 saturated carbocycles. The topological polar surface area (TPSA) is 147 Å². The van der Waals surface area contributed by atoms with E-state index in [4.69, 9.17) is 28.1 Å². The van der Waals surface area contributed by atoms with Gasteiger partial charge in [-0.05, 0) is 88.5 Å². The highest BCUT2D eigenvalue weighted by Crippen LogP contribution is 2.47. The third-order valence-electron chi connectivity index (χ3n) is 12.9. The molecule has 0 aliphatic rings. The van der Waals surface area contributed by atoms with Crippen LogP contribution in [-0.2, 0) is 0 Å². The van der Waals surface area contributed by atoms with Gasteiger partial charge in [-0.25, -0.2) is 24.6 Å². The summed E-state index contributed by atoms with van der Waals surface area (Å²) in [6, 6.07) is 69.4. The van der Waals surface area contributed by atoms with Gasteiger partial charge in [0, 0.05) is 49.7 Å². The molecule has 0 N–H and O–H groups in total. The SMILES string of the molecule is [C-]#[N+]c1ccc(-c2cc(-c3nc(-c4ccccc4)nc(-c4ccccc4)n3)cc(-c3ccc(C#N)cc3C#N)c2-n2c3ccc(-c4ccccc4C#N)cc3c3cc(-c4ccccc4[N+]#[C-])ccc32)c(C#N)c1. The van der Waals surface area contributed by atoms with Gasteiger partial charge in [0.1, 0.15) is 0 Å². The largest absolute Gasteiger partial charge is 0.308 e. The lowest BCUT2D eigenvalue weighted by molar-refractivity contribution is 1.07. The van der Waals surface area contributed by atoms with Crippen LogP contribution in [0.25, 0.3) is 116 Å². The van der Waals surface area contributed by atoms with Crippen molar-refractivity contribution in [1.82, 2.24) is 19.5 Å². The molecule has 9 aromatic carbocycles. The standard InChI is InChI=1S/C63H32N10/c1-68-48-24-26-51(47(30-48)38-67)56-34-45(63-71-61(40-13-5-3-6-14-40)70-62(72-63)41-15-7-4-8-16-41)33-55(50-25-21-39(35-64)29-46(50)37-66)60(56)73-58-27-22-42(49-18-10-9-17-44(49)36-65)31-53(58)54-32-43(23-28-59(54)73)52-19-11-12-20-57(52)69-2/h3-34H. The molecule has 73 heavy (non-hydrogen) atoms. The lowest BCUT2D eigenvalue weighted by Gasteiger charge is -2.22. The van der Waals surface area contributed by atoms with Crippen molar-refractivity contribution in [3.63, 3.8) is 0 Å². The van der Waals surface area contributed by atoms with Crippen LogP contribution in [-0.4, -0.2) is 19.5 Å². The molecule has 0 aliphatic carbocycles. The molecule has 0 atom stereocenters. The van der Waals surface area contributed by atoms with E-state index in [0.29, 0.717) is 67.8 Å². The summed E-state index contributed by atoms with van der Waals surface area (Å²) in [5, 5.41) is 43.9. The molecular formula is C63H32N10. The van der Waals surface area contributed by atoms with Crippen molar-refractivity contribution in [2.24, 2.45) is 0 Å². The van der Waals surface area contributed by atoms with Crippen molar-refractivity contribution in [2.75, 3.05) is 0 Å². The smallest absolute Gasteiger partial charge is 0.194 e. The molecule has 10 nitrogen and oxygen atoms in total. The Kier molecular flexibility index (Phi) is 11.3. The minimum Gasteiger partial charge on any atom is -0.308 e. The van der Waals surface area contributed by atoms with Gasteiger partial charge >= 0.3 is 0 Å². The van der Waals surface area contributed by atoms with Gasteiger partial charge in [-0.2, -0.15) is 21.0 Å². The Hall–Kier alpha value is -11.3. The highest BCUT2D eigenvalue weighted by atomic mass is 15.0. The van der Waals surface area contributed by atoms with E-state index in [1.807, 2.05) is 133 Å². The number of aromatic nitrogens is 4. The maximum Gasteiger partial charge on any atom is 0.194 e. The van der Waals surface area contributed by atoms with Crippen molar-refractivity contribution in [3.05, 3.63) is 239 Å². The third-order valence-corrected chi connectivity index (χ3v) is 12.9. The number of rotatable bonds is 8. The van der Waals surface area contributed by atoms with Crippen molar-refractivity contribution in [3.8, 4) is 109 Å². The Morgan fingerprint density at radius 1 is 0.370 bits per heavy atom. The van der Waals surface area contributed by atoms with Gasteiger partial charge in [-0.3, -0.25) is 0 Å². The van der Waals surface area contributed by atoms with Crippen LogP contribution in [0.5, 0.6) is 0 Å². The van der Waals surface area contributed by atoms with Crippen LogP contribution < -0.4 is 0 Å². The van der Waals surface area contributed by atoms with Crippen LogP contribution >= 0.6 is 0 Å². The number of benzene rings is 9. The number of nitrogens with zero attached hydrogens (tertiary/aromatic N) is 10. The molecule has 0 unspecified atom stereocenters. The van der Waals surface area contributed by atoms with Crippen LogP contribution in [0.3, 0.4) is 0 Å². The van der Waals surface area contributed by atoms with Crippen molar-refractivity contribution < 1.29 is 0 Å². The fraction of sp³-hybridized carbons (Fsp3) is 0. The van der Waals surface area contributed by atoms with E-state index in [1.54, 1.807) is 48.5 Å². The van der Waals surface area contributed by atoms with Gasteiger partial charge in [-0.15, -0.1) is 0 Å². The number of hydrogen-bond donors (Lipinski definition) is 0. The maximum atomic E-state index is 11.0. The number of nitriles is 4. The summed E-state index contributed by atoms with van der Waals surface area (Å²) >= 11 is 0. The Balaban J connectivity index is 1.32. The van der Waals surface area contributed by atoms with Crippen LogP contribution in [0.1, 0.15) is 22.3 Å². The van der Waals surface area contributed by atoms with E-state index in [2.05, 4.69) is 50.7 Å². The zero-order valence-electron chi connectivity index (χ0n) is 38.4. The number of hydrogen-bond acceptors (Lipinski definition) is 7. The minimum absolute atomic E-state index is 0.229. The molecule has 0 bridgehead atoms. The molecule has 334 valence electrons. The Morgan fingerprint density at radius 2 is 0.877 bits per heavy atom. The molecule has 11 rings (SSSR count). The predicted octanol–water partition coefficient (Wildman–Crippen LogP) is 15.2. The summed E-state index contributed by atoms with van der Waals surface area (Å²) in [6.07, 6.45) is 0. The summed E-state index contributed by atoms with van der Waals surface area (Å²) in [5.41, 5.74) is 11.4. The van der Waals surface area contributed by atoms with Crippen molar-refractivity contribution in [2.45, 2.75) is 0 Å². The Morgan fingerprint density at radius 3 is 1.44 bits per heavy atom. The van der Waals surface area contributed by atoms with Crippen molar-refractivity contribution in [1.29, 1.82) is 21.0 Å². The molecule has 2 aromatic heterocycles. The van der Waals surface area contributed by atoms with Crippen LogP contribution in [0, 0.1) is 58.5 Å². The van der Waals surface area contributed by atoms with Crippen LogP contribution in [0.4, 0.5) is 11.4 Å². The molecule has 0 saturated heterocycles. The molecule has 0 spiro atoms. The molecule has 11 aromatic rings. The number of fused-ring (bicyclic) bond motifs is 3. The normalized spacial score (nSPS) is 10.7. The van der Waals surface area contributed by atoms with Crippen LogP contribution in [0.2, 0.25) is 0 Å². The lowest BCUT2D eigenvalue weighted by atomic mass is 9.88. The fourth-order valence-electron chi connectivity index (χ4n) is 9.47. The zero-order chi connectivity index (χ0) is 50.0. The first-order chi connectivity index (χ1) is 35.9. The molecular weight excluding hydrogens is 897 g/mol. The van der Waals surface area contributed by atoms with E-state index >= 15 is 0 Å². The zero-order valence-corrected chi connectivity index (χ0v) is 38.4. The van der Waals surface area contributed by atoms with Gasteiger partial charge in [0.15, 0.2) is 28.8 Å². The van der Waals surface area contributed by atoms with Gasteiger partial charge in [0.05, 0.1) is 70.8 Å². The second-order valence-corrected chi connectivity index (χ2v) is 17.0. The average Bonchev–Trinajstić information content (AvgIpc) is 3.79. The van der Waals surface area contributed by atoms with E-state index in [-0.39, 0.29) is 16.8 Å². The predicted molar refractivity (Wildman–Crippen MR) is 284 cm³/mol. The second kappa shape index (κ2) is 18.7. The summed E-state index contributed by atoms with van der Waals surface area (Å²) in [6.45, 7) is 15.9. The molecule has 0 fully saturated rings. The molecule has 2 heterocycles. The summed E-state index contributed by atoms with van der Waals surface area (Å²) in [5.74, 6) is 1.17. The minimum atomic E-state index is 0.229. The first-order valence-electron chi connectivity index (χ1n) is 22.9. The maximum absolute atomic E-state index is 11.0. The summed E-state index contributed by atoms with van der Waals surface area (Å²) in [4.78, 5) is 22.7. The highest BCUT2D eigenvalue weighted by molar-refractivity contribution is 6.13. The monoisotopic (exact) mass is 928 g/mol. The van der Waals surface area contributed by atoms with E-state index in [1.165, 1.54) is 0 Å².